The number of ether oxygens (including phenoxy) is 1. The van der Waals surface area contributed by atoms with Gasteiger partial charge in [-0.2, -0.15) is 13.2 Å². The highest BCUT2D eigenvalue weighted by atomic mass is 127. The largest absolute Gasteiger partial charge is 0.491 e. The molecule has 2 N–H and O–H groups in total. The van der Waals surface area contributed by atoms with E-state index in [2.05, 4.69) is 15.6 Å². The van der Waals surface area contributed by atoms with Gasteiger partial charge in [-0.3, -0.25) is 4.99 Å². The summed E-state index contributed by atoms with van der Waals surface area (Å²) in [7, 11) is 0. The Morgan fingerprint density at radius 2 is 2.09 bits per heavy atom. The van der Waals surface area contributed by atoms with E-state index in [4.69, 9.17) is 4.74 Å². The summed E-state index contributed by atoms with van der Waals surface area (Å²) in [5.74, 6) is 0.765. The van der Waals surface area contributed by atoms with Crippen LogP contribution in [-0.4, -0.2) is 25.2 Å². The van der Waals surface area contributed by atoms with Crippen molar-refractivity contribution in [2.45, 2.75) is 39.1 Å². The number of guanidine groups is 1. The SMILES string of the molecule is CC(C)Oc1ccc(CNC2=NCCCN2)c(C(F)(F)F)c1.I. The van der Waals surface area contributed by atoms with Crippen molar-refractivity contribution in [2.75, 3.05) is 13.1 Å². The second-order valence-corrected chi connectivity index (χ2v) is 5.35. The first-order valence-electron chi connectivity index (χ1n) is 7.25. The first kappa shape index (κ1) is 19.9. The van der Waals surface area contributed by atoms with Crippen LogP contribution in [0.3, 0.4) is 0 Å². The average Bonchev–Trinajstić information content (AvgIpc) is 2.45. The number of nitrogens with one attached hydrogen (secondary N) is 2. The molecule has 1 aliphatic rings. The normalized spacial score (nSPS) is 14.6. The minimum Gasteiger partial charge on any atom is -0.491 e. The molecule has 0 fully saturated rings. The lowest BCUT2D eigenvalue weighted by atomic mass is 10.1. The molecule has 0 aliphatic carbocycles. The summed E-state index contributed by atoms with van der Waals surface area (Å²) in [6.45, 7) is 5.07. The zero-order chi connectivity index (χ0) is 16.2. The maximum atomic E-state index is 13.2. The van der Waals surface area contributed by atoms with Crippen LogP contribution >= 0.6 is 24.0 Å². The van der Waals surface area contributed by atoms with Crippen molar-refractivity contribution >= 4 is 29.9 Å². The summed E-state index contributed by atoms with van der Waals surface area (Å²) in [5.41, 5.74) is -0.520. The molecule has 1 aliphatic heterocycles. The van der Waals surface area contributed by atoms with E-state index in [9.17, 15) is 13.2 Å². The van der Waals surface area contributed by atoms with Crippen LogP contribution < -0.4 is 15.4 Å². The van der Waals surface area contributed by atoms with E-state index in [1.54, 1.807) is 19.9 Å². The van der Waals surface area contributed by atoms with Crippen molar-refractivity contribution in [1.29, 1.82) is 0 Å². The van der Waals surface area contributed by atoms with Crippen molar-refractivity contribution in [3.8, 4) is 5.75 Å². The summed E-state index contributed by atoms with van der Waals surface area (Å²) in [6, 6.07) is 4.05. The lowest BCUT2D eigenvalue weighted by Gasteiger charge is -2.19. The number of alkyl halides is 3. The number of benzene rings is 1. The Morgan fingerprint density at radius 3 is 2.65 bits per heavy atom. The first-order valence-corrected chi connectivity index (χ1v) is 7.25. The fourth-order valence-electron chi connectivity index (χ4n) is 2.15. The highest BCUT2D eigenvalue weighted by Crippen LogP contribution is 2.34. The third kappa shape index (κ3) is 6.08. The number of hydrogen-bond donors (Lipinski definition) is 2. The van der Waals surface area contributed by atoms with Crippen LogP contribution in [0.25, 0.3) is 0 Å². The van der Waals surface area contributed by atoms with Gasteiger partial charge in [-0.1, -0.05) is 6.07 Å². The molecule has 4 nitrogen and oxygen atoms in total. The van der Waals surface area contributed by atoms with Gasteiger partial charge >= 0.3 is 6.18 Å². The predicted octanol–water partition coefficient (Wildman–Crippen LogP) is 3.55. The van der Waals surface area contributed by atoms with Gasteiger partial charge < -0.3 is 15.4 Å². The van der Waals surface area contributed by atoms with Crippen LogP contribution in [0, 0.1) is 0 Å². The Balaban J connectivity index is 0.00000264. The first-order chi connectivity index (χ1) is 10.4. The molecular formula is C15H21F3IN3O. The summed E-state index contributed by atoms with van der Waals surface area (Å²) in [5, 5.41) is 5.93. The number of hydrogen-bond acceptors (Lipinski definition) is 4. The van der Waals surface area contributed by atoms with Gasteiger partial charge in [0.15, 0.2) is 5.96 Å². The van der Waals surface area contributed by atoms with Crippen LogP contribution in [0.4, 0.5) is 13.2 Å². The molecule has 0 saturated carbocycles. The second-order valence-electron chi connectivity index (χ2n) is 5.35. The standard InChI is InChI=1S/C15H20F3N3O.HI/c1-10(2)22-12-5-4-11(13(8-12)15(16,17)18)9-21-14-19-6-3-7-20-14;/h4-5,8,10H,3,6-7,9H2,1-2H3,(H2,19,20,21);1H. The van der Waals surface area contributed by atoms with E-state index >= 15 is 0 Å². The van der Waals surface area contributed by atoms with E-state index in [-0.39, 0.29) is 47.9 Å². The molecule has 0 unspecified atom stereocenters. The zero-order valence-corrected chi connectivity index (χ0v) is 15.4. The van der Waals surface area contributed by atoms with Crippen molar-refractivity contribution < 1.29 is 17.9 Å². The van der Waals surface area contributed by atoms with Gasteiger partial charge in [0.05, 0.1) is 11.7 Å². The Kier molecular flexibility index (Phi) is 7.43. The fraction of sp³-hybridized carbons (Fsp3) is 0.533. The van der Waals surface area contributed by atoms with E-state index in [1.165, 1.54) is 6.07 Å². The van der Waals surface area contributed by atoms with Crippen LogP contribution in [0.1, 0.15) is 31.4 Å². The Labute approximate surface area is 150 Å². The molecule has 1 aromatic rings. The topological polar surface area (TPSA) is 45.6 Å². The van der Waals surface area contributed by atoms with E-state index in [0.29, 0.717) is 12.5 Å². The summed E-state index contributed by atoms with van der Waals surface area (Å²) >= 11 is 0. The van der Waals surface area contributed by atoms with Crippen molar-refractivity contribution in [2.24, 2.45) is 4.99 Å². The molecule has 0 spiro atoms. The quantitative estimate of drug-likeness (QED) is 0.700. The molecule has 8 heteroatoms. The average molecular weight is 443 g/mol. The van der Waals surface area contributed by atoms with Gasteiger partial charge in [-0.25, -0.2) is 0 Å². The molecule has 0 amide bonds. The molecule has 2 rings (SSSR count). The molecule has 130 valence electrons. The molecule has 1 heterocycles. The molecule has 0 bridgehead atoms. The Morgan fingerprint density at radius 1 is 1.35 bits per heavy atom. The zero-order valence-electron chi connectivity index (χ0n) is 13.0. The van der Waals surface area contributed by atoms with Gasteiger partial charge in [-0.05, 0) is 38.0 Å². The van der Waals surface area contributed by atoms with Crippen LogP contribution in [0.2, 0.25) is 0 Å². The molecule has 0 saturated heterocycles. The monoisotopic (exact) mass is 443 g/mol. The second kappa shape index (κ2) is 8.60. The maximum absolute atomic E-state index is 13.2. The van der Waals surface area contributed by atoms with E-state index < -0.39 is 11.7 Å². The smallest absolute Gasteiger partial charge is 0.416 e. The number of nitrogens with zero attached hydrogens (tertiary/aromatic N) is 1. The molecule has 0 radical (unpaired) electrons. The van der Waals surface area contributed by atoms with Crippen LogP contribution in [-0.2, 0) is 12.7 Å². The minimum absolute atomic E-state index is 0. The molecular weight excluding hydrogens is 422 g/mol. The number of halogens is 4. The number of aliphatic imine (C=N–C) groups is 1. The molecule has 0 aromatic heterocycles. The highest BCUT2D eigenvalue weighted by molar-refractivity contribution is 14.0. The van der Waals surface area contributed by atoms with Crippen LogP contribution in [0.15, 0.2) is 23.2 Å². The Hall–Kier alpha value is -1.19. The third-order valence-corrected chi connectivity index (χ3v) is 3.10. The van der Waals surface area contributed by atoms with E-state index in [1.807, 2.05) is 0 Å². The molecule has 0 atom stereocenters. The lowest BCUT2D eigenvalue weighted by molar-refractivity contribution is -0.138. The lowest BCUT2D eigenvalue weighted by Crippen LogP contribution is -2.40. The minimum atomic E-state index is -4.42. The van der Waals surface area contributed by atoms with Gasteiger partial charge in [-0.15, -0.1) is 24.0 Å². The summed E-state index contributed by atoms with van der Waals surface area (Å²) in [6.07, 6.45) is -3.67. The van der Waals surface area contributed by atoms with Gasteiger partial charge in [0.1, 0.15) is 5.75 Å². The third-order valence-electron chi connectivity index (χ3n) is 3.10. The van der Waals surface area contributed by atoms with Crippen LogP contribution in [0.5, 0.6) is 5.75 Å². The number of rotatable bonds is 4. The Bertz CT molecular complexity index is 547. The van der Waals surface area contributed by atoms with Crippen molar-refractivity contribution in [3.63, 3.8) is 0 Å². The highest BCUT2D eigenvalue weighted by Gasteiger charge is 2.33. The van der Waals surface area contributed by atoms with Gasteiger partial charge in [0.2, 0.25) is 0 Å². The van der Waals surface area contributed by atoms with Gasteiger partial charge in [0, 0.05) is 19.6 Å². The van der Waals surface area contributed by atoms with Crippen molar-refractivity contribution in [1.82, 2.24) is 10.6 Å². The molecule has 23 heavy (non-hydrogen) atoms. The predicted molar refractivity (Wildman–Crippen MR) is 94.4 cm³/mol. The summed E-state index contributed by atoms with van der Waals surface area (Å²) in [4.78, 5) is 4.18. The maximum Gasteiger partial charge on any atom is 0.416 e. The van der Waals surface area contributed by atoms with Crippen molar-refractivity contribution in [3.05, 3.63) is 29.3 Å². The fourth-order valence-corrected chi connectivity index (χ4v) is 2.15. The van der Waals surface area contributed by atoms with E-state index in [0.717, 1.165) is 19.0 Å². The van der Waals surface area contributed by atoms with Gasteiger partial charge in [0.25, 0.3) is 0 Å². The summed E-state index contributed by atoms with van der Waals surface area (Å²) < 4.78 is 44.9. The molecule has 1 aromatic carbocycles.